The van der Waals surface area contributed by atoms with Gasteiger partial charge in [0.1, 0.15) is 0 Å². The zero-order valence-electron chi connectivity index (χ0n) is 11.7. The first-order valence-corrected chi connectivity index (χ1v) is 7.41. The van der Waals surface area contributed by atoms with Crippen molar-refractivity contribution in [2.45, 2.75) is 32.1 Å². The Hall–Kier alpha value is -1.59. The van der Waals surface area contributed by atoms with E-state index in [0.29, 0.717) is 5.02 Å². The molecule has 0 bridgehead atoms. The summed E-state index contributed by atoms with van der Waals surface area (Å²) < 4.78 is 0. The second-order valence-corrected chi connectivity index (χ2v) is 5.93. The van der Waals surface area contributed by atoms with Gasteiger partial charge in [-0.05, 0) is 31.0 Å². The third kappa shape index (κ3) is 3.36. The van der Waals surface area contributed by atoms with Crippen LogP contribution in [0.5, 0.6) is 0 Å². The first-order chi connectivity index (χ1) is 9.98. The van der Waals surface area contributed by atoms with Crippen LogP contribution in [-0.4, -0.2) is 23.5 Å². The van der Waals surface area contributed by atoms with Crippen molar-refractivity contribution < 1.29 is 14.7 Å². The molecule has 2 rings (SSSR count). The SMILES string of the molecule is NCC1(C(=O)Nc2cc(Cl)ccc2C(=O)O)CCCCC1. The fraction of sp³-hybridized carbons (Fsp3) is 0.467. The summed E-state index contributed by atoms with van der Waals surface area (Å²) >= 11 is 5.89. The third-order valence-electron chi connectivity index (χ3n) is 4.14. The predicted octanol–water partition coefficient (Wildman–Crippen LogP) is 2.89. The summed E-state index contributed by atoms with van der Waals surface area (Å²) in [4.78, 5) is 23.8. The maximum Gasteiger partial charge on any atom is 0.337 e. The van der Waals surface area contributed by atoms with Gasteiger partial charge in [-0.2, -0.15) is 0 Å². The number of halogens is 1. The Labute approximate surface area is 128 Å². The van der Waals surface area contributed by atoms with E-state index in [1.54, 1.807) is 0 Å². The van der Waals surface area contributed by atoms with Crippen molar-refractivity contribution >= 4 is 29.2 Å². The lowest BCUT2D eigenvalue weighted by Crippen LogP contribution is -2.44. The van der Waals surface area contributed by atoms with E-state index in [-0.39, 0.29) is 23.7 Å². The Morgan fingerprint density at radius 2 is 1.95 bits per heavy atom. The van der Waals surface area contributed by atoms with Gasteiger partial charge >= 0.3 is 5.97 Å². The molecule has 0 spiro atoms. The van der Waals surface area contributed by atoms with Crippen LogP contribution in [0.15, 0.2) is 18.2 Å². The Kier molecular flexibility index (Phi) is 4.85. The highest BCUT2D eigenvalue weighted by atomic mass is 35.5. The average molecular weight is 311 g/mol. The first-order valence-electron chi connectivity index (χ1n) is 7.03. The summed E-state index contributed by atoms with van der Waals surface area (Å²) in [7, 11) is 0. The molecule has 1 fully saturated rings. The molecule has 0 aromatic heterocycles. The van der Waals surface area contributed by atoms with Crippen LogP contribution in [0.3, 0.4) is 0 Å². The highest BCUT2D eigenvalue weighted by Gasteiger charge is 2.38. The van der Waals surface area contributed by atoms with Crippen molar-refractivity contribution in [3.8, 4) is 0 Å². The lowest BCUT2D eigenvalue weighted by atomic mass is 9.73. The van der Waals surface area contributed by atoms with Gasteiger partial charge in [-0.3, -0.25) is 4.79 Å². The molecule has 0 radical (unpaired) electrons. The van der Waals surface area contributed by atoms with E-state index in [9.17, 15) is 14.7 Å². The summed E-state index contributed by atoms with van der Waals surface area (Å²) in [5, 5.41) is 12.3. The number of rotatable bonds is 4. The number of amides is 1. The minimum absolute atomic E-state index is 0.0238. The van der Waals surface area contributed by atoms with Crippen molar-refractivity contribution in [3.63, 3.8) is 0 Å². The largest absolute Gasteiger partial charge is 0.478 e. The van der Waals surface area contributed by atoms with Crippen LogP contribution in [0.4, 0.5) is 5.69 Å². The van der Waals surface area contributed by atoms with E-state index < -0.39 is 11.4 Å². The number of nitrogens with two attached hydrogens (primary N) is 1. The molecule has 114 valence electrons. The monoisotopic (exact) mass is 310 g/mol. The number of hydrogen-bond acceptors (Lipinski definition) is 3. The van der Waals surface area contributed by atoms with E-state index in [4.69, 9.17) is 17.3 Å². The summed E-state index contributed by atoms with van der Waals surface area (Å²) in [5.41, 5.74) is 5.46. The molecule has 0 unspecified atom stereocenters. The van der Waals surface area contributed by atoms with Crippen molar-refractivity contribution in [1.29, 1.82) is 0 Å². The van der Waals surface area contributed by atoms with Gasteiger partial charge in [0.2, 0.25) is 5.91 Å². The van der Waals surface area contributed by atoms with Gasteiger partial charge in [0.25, 0.3) is 0 Å². The summed E-state index contributed by atoms with van der Waals surface area (Å²) in [6.45, 7) is 0.266. The van der Waals surface area contributed by atoms with Gasteiger partial charge in [0.15, 0.2) is 0 Å². The van der Waals surface area contributed by atoms with Crippen LogP contribution in [0, 0.1) is 5.41 Å². The van der Waals surface area contributed by atoms with Crippen molar-refractivity contribution in [1.82, 2.24) is 0 Å². The molecular formula is C15H19ClN2O3. The molecule has 1 amide bonds. The third-order valence-corrected chi connectivity index (χ3v) is 4.38. The minimum Gasteiger partial charge on any atom is -0.478 e. The number of carboxylic acids is 1. The highest BCUT2D eigenvalue weighted by Crippen LogP contribution is 2.37. The number of benzene rings is 1. The summed E-state index contributed by atoms with van der Waals surface area (Å²) in [6, 6.07) is 4.33. The Bertz CT molecular complexity index is 554. The van der Waals surface area contributed by atoms with E-state index in [1.165, 1.54) is 18.2 Å². The number of nitrogens with one attached hydrogen (secondary N) is 1. The molecule has 0 aliphatic heterocycles. The zero-order chi connectivity index (χ0) is 15.5. The molecule has 1 aliphatic rings. The van der Waals surface area contributed by atoms with E-state index in [2.05, 4.69) is 5.32 Å². The number of carboxylic acid groups (broad SMARTS) is 1. The average Bonchev–Trinajstić information content (AvgIpc) is 2.47. The maximum atomic E-state index is 12.6. The second-order valence-electron chi connectivity index (χ2n) is 5.49. The van der Waals surface area contributed by atoms with E-state index in [0.717, 1.165) is 32.1 Å². The van der Waals surface area contributed by atoms with Gasteiger partial charge in [0, 0.05) is 11.6 Å². The van der Waals surface area contributed by atoms with Crippen LogP contribution >= 0.6 is 11.6 Å². The fourth-order valence-corrected chi connectivity index (χ4v) is 2.99. The topological polar surface area (TPSA) is 92.4 Å². The molecule has 1 aromatic rings. The summed E-state index contributed by atoms with van der Waals surface area (Å²) in [5.74, 6) is -1.32. The molecule has 0 saturated heterocycles. The van der Waals surface area contributed by atoms with Crippen LogP contribution in [0.1, 0.15) is 42.5 Å². The number of hydrogen-bond donors (Lipinski definition) is 3. The minimum atomic E-state index is -1.10. The van der Waals surface area contributed by atoms with Crippen LogP contribution in [0.2, 0.25) is 5.02 Å². The van der Waals surface area contributed by atoms with Gasteiger partial charge in [-0.25, -0.2) is 4.79 Å². The van der Waals surface area contributed by atoms with Crippen molar-refractivity contribution in [2.24, 2.45) is 11.1 Å². The van der Waals surface area contributed by atoms with Crippen molar-refractivity contribution in [3.05, 3.63) is 28.8 Å². The van der Waals surface area contributed by atoms with Gasteiger partial charge in [0.05, 0.1) is 16.7 Å². The molecule has 5 nitrogen and oxygen atoms in total. The molecule has 1 aliphatic carbocycles. The highest BCUT2D eigenvalue weighted by molar-refractivity contribution is 6.31. The van der Waals surface area contributed by atoms with Gasteiger partial charge in [-0.1, -0.05) is 30.9 Å². The Morgan fingerprint density at radius 3 is 2.52 bits per heavy atom. The molecule has 21 heavy (non-hydrogen) atoms. The molecule has 1 aromatic carbocycles. The second kappa shape index (κ2) is 6.45. The molecule has 6 heteroatoms. The lowest BCUT2D eigenvalue weighted by Gasteiger charge is -2.34. The van der Waals surface area contributed by atoms with Gasteiger partial charge in [-0.15, -0.1) is 0 Å². The predicted molar refractivity (Wildman–Crippen MR) is 81.6 cm³/mol. The van der Waals surface area contributed by atoms with E-state index >= 15 is 0 Å². The zero-order valence-corrected chi connectivity index (χ0v) is 12.4. The van der Waals surface area contributed by atoms with Crippen LogP contribution in [-0.2, 0) is 4.79 Å². The smallest absolute Gasteiger partial charge is 0.337 e. The molecule has 0 heterocycles. The number of carbonyl (C=O) groups is 2. The molecular weight excluding hydrogens is 292 g/mol. The Balaban J connectivity index is 2.26. The maximum absolute atomic E-state index is 12.6. The lowest BCUT2D eigenvalue weighted by molar-refractivity contribution is -0.126. The number of anilines is 1. The molecule has 1 saturated carbocycles. The molecule has 0 atom stereocenters. The van der Waals surface area contributed by atoms with Crippen LogP contribution in [0.25, 0.3) is 0 Å². The fourth-order valence-electron chi connectivity index (χ4n) is 2.81. The number of carbonyl (C=O) groups excluding carboxylic acids is 1. The van der Waals surface area contributed by atoms with Crippen molar-refractivity contribution in [2.75, 3.05) is 11.9 Å². The standard InChI is InChI=1S/C15H19ClN2O3/c16-10-4-5-11(13(19)20)12(8-10)18-14(21)15(9-17)6-2-1-3-7-15/h4-5,8H,1-3,6-7,9,17H2,(H,18,21)(H,19,20). The summed E-state index contributed by atoms with van der Waals surface area (Å²) in [6.07, 6.45) is 4.50. The quantitative estimate of drug-likeness (QED) is 0.797. The normalized spacial score (nSPS) is 17.2. The van der Waals surface area contributed by atoms with Crippen LogP contribution < -0.4 is 11.1 Å². The number of aromatic carboxylic acids is 1. The van der Waals surface area contributed by atoms with E-state index in [1.807, 2.05) is 0 Å². The molecule has 4 N–H and O–H groups in total. The Morgan fingerprint density at radius 1 is 1.29 bits per heavy atom. The van der Waals surface area contributed by atoms with Gasteiger partial charge < -0.3 is 16.2 Å². The first kappa shape index (κ1) is 15.8.